The minimum absolute atomic E-state index is 1.03. The van der Waals surface area contributed by atoms with Gasteiger partial charge in [0.25, 0.3) is 0 Å². The Hall–Kier alpha value is 0.530. The summed E-state index contributed by atoms with van der Waals surface area (Å²) in [5, 5.41) is 0. The predicted molar refractivity (Wildman–Crippen MR) is 67.3 cm³/mol. The Kier molecular flexibility index (Phi) is 3.90. The van der Waals surface area contributed by atoms with Crippen LogP contribution in [-0.4, -0.2) is 4.89 Å². The van der Waals surface area contributed by atoms with Crippen LogP contribution in [0, 0.1) is 13.8 Å². The average molecular weight is 250 g/mol. The highest BCUT2D eigenvalue weighted by Crippen LogP contribution is 2.63. The maximum absolute atomic E-state index is 9.44. The van der Waals surface area contributed by atoms with Crippen LogP contribution in [0.4, 0.5) is 0 Å². The summed E-state index contributed by atoms with van der Waals surface area (Å²) < 4.78 is -2.49. The van der Waals surface area contributed by atoms with Gasteiger partial charge in [-0.15, -0.1) is 12.2 Å². The van der Waals surface area contributed by atoms with E-state index >= 15 is 0 Å². The summed E-state index contributed by atoms with van der Waals surface area (Å²) in [6, 6.07) is 5.96. The lowest BCUT2D eigenvalue weighted by molar-refractivity contribution is 0.654. The third-order valence-corrected chi connectivity index (χ3v) is 5.36. The highest BCUT2D eigenvalue weighted by atomic mass is 33.2. The van der Waals surface area contributed by atoms with Gasteiger partial charge in [0, 0.05) is 4.90 Å². The fourth-order valence-corrected chi connectivity index (χ4v) is 4.52. The fourth-order valence-electron chi connectivity index (χ4n) is 0.951. The molecule has 1 unspecified atom stereocenters. The maximum Gasteiger partial charge on any atom is 0.173 e. The molecule has 1 N–H and O–H groups in total. The molecule has 13 heavy (non-hydrogen) atoms. The van der Waals surface area contributed by atoms with Crippen molar-refractivity contribution < 1.29 is 4.89 Å². The third kappa shape index (κ3) is 3.64. The smallest absolute Gasteiger partial charge is 0.173 e. The zero-order valence-corrected chi connectivity index (χ0v) is 10.8. The topological polar surface area (TPSA) is 20.2 Å². The van der Waals surface area contributed by atoms with Gasteiger partial charge in [0.05, 0.1) is 0 Å². The lowest BCUT2D eigenvalue weighted by Crippen LogP contribution is -1.82. The standard InChI is InChI=1S/C8H11OPS3/c1-6-4-3-5-8(7(6)2)13-10(9,11)12/h3-5H,1-2H3,(H2,9,11,12). The molecule has 0 aliphatic rings. The summed E-state index contributed by atoms with van der Waals surface area (Å²) in [5.41, 5.74) is 2.38. The molecular formula is C8H11OPS3. The van der Waals surface area contributed by atoms with Crippen LogP contribution in [0.3, 0.4) is 0 Å². The molecule has 0 saturated carbocycles. The van der Waals surface area contributed by atoms with E-state index in [2.05, 4.69) is 12.2 Å². The summed E-state index contributed by atoms with van der Waals surface area (Å²) in [4.78, 5) is 10.5. The largest absolute Gasteiger partial charge is 0.350 e. The van der Waals surface area contributed by atoms with E-state index in [-0.39, 0.29) is 0 Å². The van der Waals surface area contributed by atoms with Gasteiger partial charge >= 0.3 is 0 Å². The lowest BCUT2D eigenvalue weighted by atomic mass is 10.1. The van der Waals surface area contributed by atoms with Crippen molar-refractivity contribution in [1.82, 2.24) is 0 Å². The van der Waals surface area contributed by atoms with Gasteiger partial charge in [-0.25, -0.2) is 0 Å². The van der Waals surface area contributed by atoms with Crippen molar-refractivity contribution in [2.24, 2.45) is 0 Å². The van der Waals surface area contributed by atoms with Gasteiger partial charge in [-0.1, -0.05) is 23.5 Å². The van der Waals surface area contributed by atoms with Gasteiger partial charge in [-0.2, -0.15) is 0 Å². The second kappa shape index (κ2) is 4.37. The van der Waals surface area contributed by atoms with Gasteiger partial charge < -0.3 is 4.89 Å². The number of thiol groups is 1. The Bertz CT molecular complexity index is 358. The van der Waals surface area contributed by atoms with Crippen LogP contribution in [0.1, 0.15) is 11.1 Å². The summed E-state index contributed by atoms with van der Waals surface area (Å²) >= 11 is 10.1. The summed E-state index contributed by atoms with van der Waals surface area (Å²) in [7, 11) is 0. The number of rotatable bonds is 2. The zero-order valence-electron chi connectivity index (χ0n) is 7.39. The second-order valence-electron chi connectivity index (χ2n) is 2.78. The molecule has 0 amide bonds. The van der Waals surface area contributed by atoms with Crippen molar-refractivity contribution in [3.05, 3.63) is 29.3 Å². The zero-order chi connectivity index (χ0) is 10.1. The highest BCUT2D eigenvalue weighted by Gasteiger charge is 2.10. The lowest BCUT2D eigenvalue weighted by Gasteiger charge is -2.10. The molecule has 1 aromatic carbocycles. The SMILES string of the molecule is Cc1cccc(SP(O)(=S)S)c1C. The predicted octanol–water partition coefficient (Wildman–Crippen LogP) is 3.54. The molecule has 0 aliphatic heterocycles. The first-order chi connectivity index (χ1) is 5.90. The third-order valence-electron chi connectivity index (χ3n) is 1.77. The Morgan fingerprint density at radius 3 is 2.62 bits per heavy atom. The molecule has 0 saturated heterocycles. The van der Waals surface area contributed by atoms with Crippen LogP contribution in [0.2, 0.25) is 0 Å². The number of aryl methyl sites for hydroxylation is 1. The fraction of sp³-hybridized carbons (Fsp3) is 0.250. The molecule has 0 spiro atoms. The van der Waals surface area contributed by atoms with Crippen LogP contribution < -0.4 is 0 Å². The molecule has 0 aliphatic carbocycles. The van der Waals surface area contributed by atoms with Crippen LogP contribution in [-0.2, 0) is 11.8 Å². The van der Waals surface area contributed by atoms with Crippen molar-refractivity contribution in [3.8, 4) is 0 Å². The minimum atomic E-state index is -2.49. The summed E-state index contributed by atoms with van der Waals surface area (Å²) in [6.45, 7) is 4.06. The van der Waals surface area contributed by atoms with Crippen LogP contribution in [0.5, 0.6) is 0 Å². The average Bonchev–Trinajstić information content (AvgIpc) is 1.96. The minimum Gasteiger partial charge on any atom is -0.350 e. The van der Waals surface area contributed by atoms with Crippen molar-refractivity contribution in [3.63, 3.8) is 0 Å². The molecule has 0 aromatic heterocycles. The van der Waals surface area contributed by atoms with E-state index in [9.17, 15) is 4.89 Å². The Morgan fingerprint density at radius 2 is 2.08 bits per heavy atom. The molecule has 1 aromatic rings. The molecule has 1 rings (SSSR count). The normalized spacial score (nSPS) is 15.4. The highest BCUT2D eigenvalue weighted by molar-refractivity contribution is 8.94. The summed E-state index contributed by atoms with van der Waals surface area (Å²) in [6.07, 6.45) is 0. The van der Waals surface area contributed by atoms with Crippen LogP contribution >= 0.6 is 28.3 Å². The van der Waals surface area contributed by atoms with E-state index in [1.807, 2.05) is 32.0 Å². The van der Waals surface area contributed by atoms with E-state index in [4.69, 9.17) is 11.8 Å². The van der Waals surface area contributed by atoms with E-state index in [1.54, 1.807) is 0 Å². The molecule has 72 valence electrons. The van der Waals surface area contributed by atoms with E-state index in [0.29, 0.717) is 0 Å². The molecule has 0 fully saturated rings. The van der Waals surface area contributed by atoms with Crippen LogP contribution in [0.15, 0.2) is 23.1 Å². The van der Waals surface area contributed by atoms with Crippen molar-refractivity contribution in [2.45, 2.75) is 18.7 Å². The van der Waals surface area contributed by atoms with Crippen molar-refractivity contribution in [2.75, 3.05) is 0 Å². The monoisotopic (exact) mass is 250 g/mol. The molecule has 1 atom stereocenters. The number of hydrogen-bond donors (Lipinski definition) is 2. The number of benzene rings is 1. The second-order valence-corrected chi connectivity index (χ2v) is 12.2. The van der Waals surface area contributed by atoms with Crippen molar-refractivity contribution >= 4 is 40.1 Å². The Morgan fingerprint density at radius 1 is 1.46 bits per heavy atom. The molecular weight excluding hydrogens is 239 g/mol. The Balaban J connectivity index is 3.03. The quantitative estimate of drug-likeness (QED) is 0.619. The maximum atomic E-state index is 9.44. The molecule has 1 nitrogen and oxygen atoms in total. The van der Waals surface area contributed by atoms with E-state index < -0.39 is 4.67 Å². The first-order valence-electron chi connectivity index (χ1n) is 3.71. The Labute approximate surface area is 92.9 Å². The van der Waals surface area contributed by atoms with Gasteiger partial charge in [0.2, 0.25) is 0 Å². The molecule has 5 heteroatoms. The van der Waals surface area contributed by atoms with Crippen molar-refractivity contribution in [1.29, 1.82) is 0 Å². The van der Waals surface area contributed by atoms with Crippen LogP contribution in [0.25, 0.3) is 0 Å². The van der Waals surface area contributed by atoms with E-state index in [0.717, 1.165) is 4.90 Å². The first-order valence-corrected chi connectivity index (χ1v) is 9.04. The number of hydrogen-bond acceptors (Lipinski definition) is 2. The molecule has 0 bridgehead atoms. The summed E-state index contributed by atoms with van der Waals surface area (Å²) in [5.74, 6) is 0. The molecule has 0 heterocycles. The van der Waals surface area contributed by atoms with Gasteiger partial charge in [-0.3, -0.25) is 0 Å². The van der Waals surface area contributed by atoms with Gasteiger partial charge in [-0.05, 0) is 42.8 Å². The first kappa shape index (κ1) is 11.6. The molecule has 0 radical (unpaired) electrons. The van der Waals surface area contributed by atoms with Gasteiger partial charge in [0.1, 0.15) is 0 Å². The van der Waals surface area contributed by atoms with E-state index in [1.165, 1.54) is 22.5 Å². The van der Waals surface area contributed by atoms with Gasteiger partial charge in [0.15, 0.2) is 4.67 Å².